The van der Waals surface area contributed by atoms with Crippen LogP contribution in [0.1, 0.15) is 17.5 Å². The van der Waals surface area contributed by atoms with Crippen molar-refractivity contribution in [3.8, 4) is 0 Å². The summed E-state index contributed by atoms with van der Waals surface area (Å²) in [5.74, 6) is 0. The van der Waals surface area contributed by atoms with Crippen molar-refractivity contribution in [2.45, 2.75) is 37.0 Å². The second-order valence-electron chi connectivity index (χ2n) is 7.99. The zero-order valence-electron chi connectivity index (χ0n) is 18.9. The molecule has 0 saturated carbocycles. The molecule has 1 fully saturated rings. The molecule has 2 atom stereocenters. The van der Waals surface area contributed by atoms with Crippen LogP contribution in [-0.2, 0) is 39.9 Å². The fraction of sp³-hybridized carbons (Fsp3) is 0.381. The van der Waals surface area contributed by atoms with Gasteiger partial charge in [-0.1, -0.05) is 17.7 Å². The zero-order valence-corrected chi connectivity index (χ0v) is 20.5. The molecule has 190 valence electrons. The predicted molar refractivity (Wildman–Crippen MR) is 122 cm³/mol. The van der Waals surface area contributed by atoms with Gasteiger partial charge in [0.05, 0.1) is 41.4 Å². The Hall–Kier alpha value is -3.07. The molecule has 0 unspecified atom stereocenters. The van der Waals surface area contributed by atoms with Crippen LogP contribution in [-0.4, -0.2) is 64.3 Å². The minimum absolute atomic E-state index is 0.00309. The van der Waals surface area contributed by atoms with Crippen LogP contribution in [0, 0.1) is 17.0 Å². The highest BCUT2D eigenvalue weighted by atomic mass is 32.2. The van der Waals surface area contributed by atoms with E-state index >= 15 is 0 Å². The molecule has 1 aliphatic heterocycles. The summed E-state index contributed by atoms with van der Waals surface area (Å²) in [6, 6.07) is 10.6. The van der Waals surface area contributed by atoms with Gasteiger partial charge in [-0.25, -0.2) is 4.79 Å². The molecular weight excluding hydrogens is 504 g/mol. The molecule has 1 heterocycles. The summed E-state index contributed by atoms with van der Waals surface area (Å²) in [7, 11) is -7.96. The fourth-order valence-corrected chi connectivity index (χ4v) is 5.03. The van der Waals surface area contributed by atoms with Crippen LogP contribution in [0.3, 0.4) is 0 Å². The highest BCUT2D eigenvalue weighted by Gasteiger charge is 2.39. The number of non-ortho nitro benzene ring substituents is 1. The number of carbonyl (C=O) groups is 1. The van der Waals surface area contributed by atoms with Crippen molar-refractivity contribution < 1.29 is 39.7 Å². The van der Waals surface area contributed by atoms with Gasteiger partial charge in [-0.3, -0.25) is 18.5 Å². The molecule has 0 radical (unpaired) electrons. The first-order valence-electron chi connectivity index (χ1n) is 10.3. The molecule has 1 saturated heterocycles. The topological polar surface area (TPSA) is 159 Å². The monoisotopic (exact) mass is 528 g/mol. The maximum Gasteiger partial charge on any atom is 0.410 e. The van der Waals surface area contributed by atoms with E-state index in [1.165, 1.54) is 36.4 Å². The molecule has 2 aromatic rings. The Balaban J connectivity index is 1.68. The van der Waals surface area contributed by atoms with Gasteiger partial charge >= 0.3 is 6.09 Å². The Labute approximate surface area is 202 Å². The lowest BCUT2D eigenvalue weighted by Crippen LogP contribution is -2.39. The van der Waals surface area contributed by atoms with Crippen molar-refractivity contribution in [2.75, 3.05) is 19.4 Å². The summed E-state index contributed by atoms with van der Waals surface area (Å²) in [5, 5.41) is 10.8. The fourth-order valence-electron chi connectivity index (χ4n) is 3.46. The molecule has 0 N–H and O–H groups in total. The van der Waals surface area contributed by atoms with E-state index in [4.69, 9.17) is 13.1 Å². The van der Waals surface area contributed by atoms with E-state index in [0.29, 0.717) is 5.56 Å². The van der Waals surface area contributed by atoms with Gasteiger partial charge in [0.2, 0.25) is 0 Å². The molecule has 0 aromatic heterocycles. The van der Waals surface area contributed by atoms with E-state index in [1.54, 1.807) is 19.1 Å². The van der Waals surface area contributed by atoms with Crippen LogP contribution in [0.5, 0.6) is 0 Å². The smallest absolute Gasteiger partial charge is 0.410 e. The number of nitro groups is 1. The largest absolute Gasteiger partial charge is 0.445 e. The number of likely N-dealkylation sites (tertiary alicyclic amines) is 1. The van der Waals surface area contributed by atoms with Crippen LogP contribution in [0.25, 0.3) is 0 Å². The predicted octanol–water partition coefficient (Wildman–Crippen LogP) is 2.36. The molecule has 35 heavy (non-hydrogen) atoms. The molecule has 2 aromatic carbocycles. The Morgan fingerprint density at radius 1 is 1.09 bits per heavy atom. The quantitative estimate of drug-likeness (QED) is 0.268. The minimum atomic E-state index is -4.13. The van der Waals surface area contributed by atoms with Crippen molar-refractivity contribution in [3.05, 3.63) is 69.8 Å². The van der Waals surface area contributed by atoms with Crippen LogP contribution < -0.4 is 0 Å². The molecule has 1 aliphatic rings. The van der Waals surface area contributed by atoms with E-state index in [1.807, 2.05) is 0 Å². The van der Waals surface area contributed by atoms with Crippen molar-refractivity contribution in [1.82, 2.24) is 4.90 Å². The molecular formula is C21H24N2O10S2. The van der Waals surface area contributed by atoms with Gasteiger partial charge in [-0.2, -0.15) is 16.8 Å². The maximum atomic E-state index is 12.7. The van der Waals surface area contributed by atoms with E-state index < -0.39 is 50.0 Å². The van der Waals surface area contributed by atoms with E-state index in [0.717, 1.165) is 16.7 Å². The Kier molecular flexibility index (Phi) is 8.10. The highest BCUT2D eigenvalue weighted by molar-refractivity contribution is 7.86. The highest BCUT2D eigenvalue weighted by Crippen LogP contribution is 2.25. The van der Waals surface area contributed by atoms with Gasteiger partial charge in [0.1, 0.15) is 6.61 Å². The molecule has 0 aliphatic carbocycles. The van der Waals surface area contributed by atoms with Gasteiger partial charge in [0, 0.05) is 12.1 Å². The number of rotatable bonds is 9. The maximum absolute atomic E-state index is 12.7. The first kappa shape index (κ1) is 26.5. The van der Waals surface area contributed by atoms with Gasteiger partial charge in [-0.15, -0.1) is 0 Å². The van der Waals surface area contributed by atoms with Crippen LogP contribution in [0.15, 0.2) is 53.4 Å². The van der Waals surface area contributed by atoms with E-state index in [-0.39, 0.29) is 30.2 Å². The van der Waals surface area contributed by atoms with Crippen LogP contribution in [0.4, 0.5) is 10.5 Å². The van der Waals surface area contributed by atoms with Gasteiger partial charge < -0.3 is 9.64 Å². The lowest BCUT2D eigenvalue weighted by Gasteiger charge is -2.23. The number of nitrogens with zero attached hydrogens (tertiary/aromatic N) is 2. The number of hydrogen-bond donors (Lipinski definition) is 0. The van der Waals surface area contributed by atoms with Crippen LogP contribution >= 0.6 is 0 Å². The van der Waals surface area contributed by atoms with Crippen LogP contribution in [0.2, 0.25) is 0 Å². The summed E-state index contributed by atoms with van der Waals surface area (Å²) < 4.78 is 63.6. The van der Waals surface area contributed by atoms with Gasteiger partial charge in [0.15, 0.2) is 0 Å². The molecule has 1 amide bonds. The lowest BCUT2D eigenvalue weighted by molar-refractivity contribution is -0.384. The minimum Gasteiger partial charge on any atom is -0.445 e. The van der Waals surface area contributed by atoms with E-state index in [2.05, 4.69) is 0 Å². The zero-order chi connectivity index (χ0) is 25.8. The Morgan fingerprint density at radius 3 is 2.29 bits per heavy atom. The Bertz CT molecular complexity index is 1280. The van der Waals surface area contributed by atoms with E-state index in [9.17, 15) is 31.7 Å². The summed E-state index contributed by atoms with van der Waals surface area (Å²) in [6.45, 7) is 0.995. The number of hydrogen-bond acceptors (Lipinski definition) is 10. The third-order valence-electron chi connectivity index (χ3n) is 5.16. The van der Waals surface area contributed by atoms with Gasteiger partial charge in [0.25, 0.3) is 25.9 Å². The SMILES string of the molecule is Cc1ccc(S(=O)(=O)OC[C@@H]2C[C@@H](OS(C)(=O)=O)CN2C(=O)OCc2ccc([N+](=O)[O-])cc2)cc1. The number of nitro benzene ring substituents is 1. The summed E-state index contributed by atoms with van der Waals surface area (Å²) in [4.78, 5) is 24.0. The number of amides is 1. The van der Waals surface area contributed by atoms with Crippen molar-refractivity contribution >= 4 is 32.0 Å². The number of ether oxygens (including phenoxy) is 1. The summed E-state index contributed by atoms with van der Waals surface area (Å²) >= 11 is 0. The number of carbonyl (C=O) groups excluding carboxylic acids is 1. The first-order chi connectivity index (χ1) is 16.3. The van der Waals surface area contributed by atoms with Crippen molar-refractivity contribution in [2.24, 2.45) is 0 Å². The lowest BCUT2D eigenvalue weighted by atomic mass is 10.2. The molecule has 14 heteroatoms. The normalized spacial score (nSPS) is 18.4. The van der Waals surface area contributed by atoms with Crippen molar-refractivity contribution in [3.63, 3.8) is 0 Å². The molecule has 0 bridgehead atoms. The average molecular weight is 529 g/mol. The second kappa shape index (κ2) is 10.7. The third kappa shape index (κ3) is 7.45. The first-order valence-corrected chi connectivity index (χ1v) is 13.6. The summed E-state index contributed by atoms with van der Waals surface area (Å²) in [5.41, 5.74) is 1.23. The standard InChI is InChI=1S/C21H24N2O10S2/c1-15-3-9-20(10-4-15)35(29,30)32-14-18-11-19(33-34(2,27)28)12-22(18)21(24)31-13-16-5-7-17(8-6-16)23(25)26/h3-10,18-19H,11-14H2,1-2H3/t18-,19+/m0/s1. The molecule has 3 rings (SSSR count). The third-order valence-corrected chi connectivity index (χ3v) is 7.07. The Morgan fingerprint density at radius 2 is 1.71 bits per heavy atom. The number of aryl methyl sites for hydroxylation is 1. The van der Waals surface area contributed by atoms with Gasteiger partial charge in [-0.05, 0) is 43.2 Å². The second-order valence-corrected chi connectivity index (χ2v) is 11.2. The average Bonchev–Trinajstić information content (AvgIpc) is 3.17. The molecule has 0 spiro atoms. The molecule has 12 nitrogen and oxygen atoms in total. The van der Waals surface area contributed by atoms with Crippen molar-refractivity contribution in [1.29, 1.82) is 0 Å². The summed E-state index contributed by atoms with van der Waals surface area (Å²) in [6.07, 6.45) is -0.879. The number of benzene rings is 2.